The molecule has 0 saturated carbocycles. The molecule has 6 nitrogen and oxygen atoms in total. The molecule has 2 aromatic carbocycles. The van der Waals surface area contributed by atoms with Gasteiger partial charge in [0.1, 0.15) is 5.69 Å². The summed E-state index contributed by atoms with van der Waals surface area (Å²) in [5.41, 5.74) is 3.82. The molecule has 1 aliphatic heterocycles. The maximum absolute atomic E-state index is 13.1. The predicted octanol–water partition coefficient (Wildman–Crippen LogP) is 6.33. The molecule has 1 amide bonds. The Hall–Kier alpha value is -2.89. The van der Waals surface area contributed by atoms with Crippen LogP contribution in [0.1, 0.15) is 80.8 Å². The molecule has 1 saturated heterocycles. The molecule has 2 aromatic rings. The zero-order valence-electron chi connectivity index (χ0n) is 19.1. The van der Waals surface area contributed by atoms with E-state index in [2.05, 4.69) is 44.8 Å². The van der Waals surface area contributed by atoms with Crippen LogP contribution in [-0.4, -0.2) is 23.9 Å². The van der Waals surface area contributed by atoms with E-state index in [-0.39, 0.29) is 28.4 Å². The molecule has 0 aromatic heterocycles. The summed E-state index contributed by atoms with van der Waals surface area (Å²) in [7, 11) is 0. The van der Waals surface area contributed by atoms with Crippen molar-refractivity contribution in [2.24, 2.45) is 5.92 Å². The fourth-order valence-electron chi connectivity index (χ4n) is 4.37. The molecule has 166 valence electrons. The summed E-state index contributed by atoms with van der Waals surface area (Å²) in [5.74, 6) is 0.661. The van der Waals surface area contributed by atoms with E-state index in [0.717, 1.165) is 42.7 Å². The maximum Gasteiger partial charge on any atom is 0.293 e. The molecule has 3 rings (SSSR count). The number of benzene rings is 2. The quantitative estimate of drug-likeness (QED) is 0.435. The van der Waals surface area contributed by atoms with Crippen LogP contribution in [0, 0.1) is 16.0 Å². The van der Waals surface area contributed by atoms with Gasteiger partial charge in [0.05, 0.1) is 4.92 Å². The third kappa shape index (κ3) is 5.06. The summed E-state index contributed by atoms with van der Waals surface area (Å²) in [6.45, 7) is 12.1. The Balaban J connectivity index is 1.95. The zero-order chi connectivity index (χ0) is 22.7. The molecule has 1 fully saturated rings. The first-order valence-electron chi connectivity index (χ1n) is 11.2. The minimum Gasteiger partial charge on any atom is -0.366 e. The smallest absolute Gasteiger partial charge is 0.293 e. The van der Waals surface area contributed by atoms with Gasteiger partial charge in [0.25, 0.3) is 11.6 Å². The molecule has 1 unspecified atom stereocenters. The minimum absolute atomic E-state index is 0.0111. The fourth-order valence-corrected chi connectivity index (χ4v) is 4.37. The largest absolute Gasteiger partial charge is 0.366 e. The van der Waals surface area contributed by atoms with Crippen molar-refractivity contribution >= 4 is 23.0 Å². The predicted molar refractivity (Wildman–Crippen MR) is 126 cm³/mol. The Labute approximate surface area is 184 Å². The molecular formula is C25H33N3O3. The van der Waals surface area contributed by atoms with Crippen LogP contribution in [0.15, 0.2) is 36.4 Å². The van der Waals surface area contributed by atoms with E-state index in [1.165, 1.54) is 6.07 Å². The molecule has 6 heteroatoms. The summed E-state index contributed by atoms with van der Waals surface area (Å²) in [6, 6.07) is 10.9. The fraction of sp³-hybridized carbons (Fsp3) is 0.480. The number of nitrogens with one attached hydrogen (secondary N) is 1. The number of carbonyl (C=O) groups excluding carboxylic acids is 1. The van der Waals surface area contributed by atoms with Crippen molar-refractivity contribution < 1.29 is 9.72 Å². The highest BCUT2D eigenvalue weighted by Crippen LogP contribution is 2.35. The third-order valence-electron chi connectivity index (χ3n) is 6.04. The number of nitro benzene ring substituents is 1. The summed E-state index contributed by atoms with van der Waals surface area (Å²) >= 11 is 0. The lowest BCUT2D eigenvalue weighted by atomic mass is 9.92. The number of rotatable bonds is 6. The van der Waals surface area contributed by atoms with E-state index in [9.17, 15) is 14.9 Å². The summed E-state index contributed by atoms with van der Waals surface area (Å²) in [4.78, 5) is 26.6. The van der Waals surface area contributed by atoms with E-state index in [1.807, 2.05) is 18.2 Å². The lowest BCUT2D eigenvalue weighted by Gasteiger charge is -2.32. The number of hydrogen-bond donors (Lipinski definition) is 1. The number of carbonyl (C=O) groups is 1. The molecule has 1 heterocycles. The highest BCUT2D eigenvalue weighted by atomic mass is 16.6. The SMILES string of the molecule is CC1CCCN(c2ccc(C(=O)Nc3c(C(C)C)cccc3C(C)C)cc2[N+](=O)[O-])C1. The second-order valence-corrected chi connectivity index (χ2v) is 9.23. The highest BCUT2D eigenvalue weighted by molar-refractivity contribution is 6.06. The highest BCUT2D eigenvalue weighted by Gasteiger charge is 2.26. The van der Waals surface area contributed by atoms with Gasteiger partial charge in [-0.05, 0) is 53.9 Å². The van der Waals surface area contributed by atoms with Crippen LogP contribution in [0.4, 0.5) is 17.1 Å². The third-order valence-corrected chi connectivity index (χ3v) is 6.04. The summed E-state index contributed by atoms with van der Waals surface area (Å²) < 4.78 is 0. The summed E-state index contributed by atoms with van der Waals surface area (Å²) in [6.07, 6.45) is 2.16. The Morgan fingerprint density at radius 2 is 1.77 bits per heavy atom. The summed E-state index contributed by atoms with van der Waals surface area (Å²) in [5, 5.41) is 14.9. The molecule has 1 N–H and O–H groups in total. The average Bonchev–Trinajstić information content (AvgIpc) is 2.73. The standard InChI is InChI=1S/C25H33N3O3/c1-16(2)20-9-6-10-21(17(3)4)24(20)26-25(29)19-11-12-22(23(14-19)28(30)31)27-13-7-8-18(5)15-27/h6,9-12,14,16-18H,7-8,13,15H2,1-5H3,(H,26,29). The number of para-hydroxylation sites is 1. The Morgan fingerprint density at radius 3 is 2.32 bits per heavy atom. The number of nitro groups is 1. The lowest BCUT2D eigenvalue weighted by molar-refractivity contribution is -0.384. The zero-order valence-corrected chi connectivity index (χ0v) is 19.1. The van der Waals surface area contributed by atoms with Gasteiger partial charge in [0.2, 0.25) is 0 Å². The van der Waals surface area contributed by atoms with Gasteiger partial charge in [-0.25, -0.2) is 0 Å². The normalized spacial score (nSPS) is 16.6. The minimum atomic E-state index is -0.382. The van der Waals surface area contributed by atoms with Crippen molar-refractivity contribution in [3.63, 3.8) is 0 Å². The average molecular weight is 424 g/mol. The first-order valence-corrected chi connectivity index (χ1v) is 11.2. The van der Waals surface area contributed by atoms with Crippen molar-refractivity contribution in [3.05, 3.63) is 63.2 Å². The molecular weight excluding hydrogens is 390 g/mol. The van der Waals surface area contributed by atoms with E-state index in [0.29, 0.717) is 17.2 Å². The van der Waals surface area contributed by atoms with Crippen LogP contribution in [0.2, 0.25) is 0 Å². The Morgan fingerprint density at radius 1 is 1.13 bits per heavy atom. The monoisotopic (exact) mass is 423 g/mol. The van der Waals surface area contributed by atoms with Crippen LogP contribution >= 0.6 is 0 Å². The molecule has 0 bridgehead atoms. The van der Waals surface area contributed by atoms with Gasteiger partial charge in [-0.2, -0.15) is 0 Å². The topological polar surface area (TPSA) is 75.5 Å². The van der Waals surface area contributed by atoms with Gasteiger partial charge >= 0.3 is 0 Å². The van der Waals surface area contributed by atoms with Gasteiger partial charge in [-0.15, -0.1) is 0 Å². The van der Waals surface area contributed by atoms with Gasteiger partial charge in [-0.1, -0.05) is 52.8 Å². The lowest BCUT2D eigenvalue weighted by Crippen LogP contribution is -2.34. The van der Waals surface area contributed by atoms with Crippen molar-refractivity contribution in [2.75, 3.05) is 23.3 Å². The van der Waals surface area contributed by atoms with Crippen LogP contribution in [0.25, 0.3) is 0 Å². The van der Waals surface area contributed by atoms with Gasteiger partial charge in [-0.3, -0.25) is 14.9 Å². The van der Waals surface area contributed by atoms with E-state index < -0.39 is 0 Å². The van der Waals surface area contributed by atoms with Crippen LogP contribution in [0.5, 0.6) is 0 Å². The van der Waals surface area contributed by atoms with Crippen LogP contribution in [-0.2, 0) is 0 Å². The van der Waals surface area contributed by atoms with Crippen LogP contribution < -0.4 is 10.2 Å². The molecule has 1 aliphatic rings. The Bertz CT molecular complexity index is 942. The van der Waals surface area contributed by atoms with Gasteiger partial charge in [0, 0.05) is 30.4 Å². The maximum atomic E-state index is 13.1. The number of nitrogens with zero attached hydrogens (tertiary/aromatic N) is 2. The van der Waals surface area contributed by atoms with Crippen molar-refractivity contribution in [3.8, 4) is 0 Å². The molecule has 0 spiro atoms. The number of anilines is 2. The molecule has 0 radical (unpaired) electrons. The van der Waals surface area contributed by atoms with Crippen molar-refractivity contribution in [1.29, 1.82) is 0 Å². The van der Waals surface area contributed by atoms with E-state index in [4.69, 9.17) is 0 Å². The second-order valence-electron chi connectivity index (χ2n) is 9.23. The second kappa shape index (κ2) is 9.50. The number of hydrogen-bond acceptors (Lipinski definition) is 4. The first kappa shape index (κ1) is 22.8. The molecule has 0 aliphatic carbocycles. The van der Waals surface area contributed by atoms with Crippen molar-refractivity contribution in [2.45, 2.75) is 59.3 Å². The first-order chi connectivity index (χ1) is 14.7. The molecule has 31 heavy (non-hydrogen) atoms. The van der Waals surface area contributed by atoms with Gasteiger partial charge in [0.15, 0.2) is 0 Å². The number of piperidine rings is 1. The van der Waals surface area contributed by atoms with Crippen LogP contribution in [0.3, 0.4) is 0 Å². The van der Waals surface area contributed by atoms with E-state index in [1.54, 1.807) is 12.1 Å². The van der Waals surface area contributed by atoms with Crippen molar-refractivity contribution in [1.82, 2.24) is 0 Å². The Kier molecular flexibility index (Phi) is 6.98. The number of amides is 1. The molecule has 1 atom stereocenters. The van der Waals surface area contributed by atoms with E-state index >= 15 is 0 Å². The van der Waals surface area contributed by atoms with Gasteiger partial charge < -0.3 is 10.2 Å².